The molecule has 27 heavy (non-hydrogen) atoms. The van der Waals surface area contributed by atoms with E-state index in [0.717, 1.165) is 40.1 Å². The minimum absolute atomic E-state index is 0.247. The van der Waals surface area contributed by atoms with Gasteiger partial charge in [-0.3, -0.25) is 19.6 Å². The number of fused-ring (bicyclic) bond motifs is 1. The summed E-state index contributed by atoms with van der Waals surface area (Å²) >= 11 is 0. The number of aromatic nitrogens is 5. The standard InChI is InChI=1S/C20H20N6O/c1-4-26-13(3)19(12(2)25-26)17-11-18(24-23-17)20(27)22-16-9-5-8-15-14(16)7-6-10-21-15/h5-11H,4H2,1-3H3,(H,22,27)(H,23,24). The quantitative estimate of drug-likeness (QED) is 0.581. The van der Waals surface area contributed by atoms with E-state index in [1.165, 1.54) is 0 Å². The first-order chi connectivity index (χ1) is 13.1. The molecule has 0 bridgehead atoms. The molecule has 0 spiro atoms. The topological polar surface area (TPSA) is 88.5 Å². The SMILES string of the molecule is CCn1nc(C)c(-c2cc(C(=O)Nc3cccc4ncccc34)[nH]n2)c1C. The summed E-state index contributed by atoms with van der Waals surface area (Å²) in [5.74, 6) is -0.247. The molecule has 3 aromatic heterocycles. The van der Waals surface area contributed by atoms with E-state index in [-0.39, 0.29) is 5.91 Å². The highest BCUT2D eigenvalue weighted by Crippen LogP contribution is 2.26. The fourth-order valence-corrected chi connectivity index (χ4v) is 3.34. The number of nitrogens with zero attached hydrogens (tertiary/aromatic N) is 4. The molecule has 0 fully saturated rings. The molecule has 0 radical (unpaired) electrons. The molecule has 136 valence electrons. The first kappa shape index (κ1) is 17.0. The molecule has 0 aliphatic rings. The van der Waals surface area contributed by atoms with Crippen molar-refractivity contribution < 1.29 is 4.79 Å². The van der Waals surface area contributed by atoms with E-state index in [2.05, 4.69) is 25.6 Å². The summed E-state index contributed by atoms with van der Waals surface area (Å²) in [6.45, 7) is 6.80. The average Bonchev–Trinajstić information content (AvgIpc) is 3.26. The molecule has 1 amide bonds. The van der Waals surface area contributed by atoms with Crippen LogP contribution in [0.2, 0.25) is 0 Å². The van der Waals surface area contributed by atoms with Gasteiger partial charge in [-0.1, -0.05) is 6.07 Å². The lowest BCUT2D eigenvalue weighted by Crippen LogP contribution is -2.12. The van der Waals surface area contributed by atoms with Gasteiger partial charge in [0.2, 0.25) is 0 Å². The lowest BCUT2D eigenvalue weighted by molar-refractivity contribution is 0.102. The first-order valence-electron chi connectivity index (χ1n) is 8.83. The Morgan fingerprint density at radius 1 is 1.22 bits per heavy atom. The number of aryl methyl sites for hydroxylation is 2. The Kier molecular flexibility index (Phi) is 4.19. The molecule has 0 aliphatic heterocycles. The van der Waals surface area contributed by atoms with Crippen LogP contribution >= 0.6 is 0 Å². The van der Waals surface area contributed by atoms with Crippen molar-refractivity contribution in [3.05, 3.63) is 59.7 Å². The summed E-state index contributed by atoms with van der Waals surface area (Å²) in [6, 6.07) is 11.2. The van der Waals surface area contributed by atoms with Gasteiger partial charge in [0.15, 0.2) is 0 Å². The molecule has 1 aromatic carbocycles. The number of carbonyl (C=O) groups excluding carboxylic acids is 1. The van der Waals surface area contributed by atoms with Gasteiger partial charge in [0.25, 0.3) is 5.91 Å². The predicted octanol–water partition coefficient (Wildman–Crippen LogP) is 3.71. The molecule has 0 saturated carbocycles. The Labute approximate surface area is 156 Å². The minimum atomic E-state index is -0.247. The molecular weight excluding hydrogens is 340 g/mol. The Bertz CT molecular complexity index is 1140. The van der Waals surface area contributed by atoms with Gasteiger partial charge < -0.3 is 5.32 Å². The van der Waals surface area contributed by atoms with E-state index in [4.69, 9.17) is 0 Å². The van der Waals surface area contributed by atoms with Crippen LogP contribution in [0.3, 0.4) is 0 Å². The molecule has 0 saturated heterocycles. The number of hydrogen-bond acceptors (Lipinski definition) is 4. The van der Waals surface area contributed by atoms with Gasteiger partial charge in [-0.2, -0.15) is 10.2 Å². The highest BCUT2D eigenvalue weighted by atomic mass is 16.1. The van der Waals surface area contributed by atoms with E-state index >= 15 is 0 Å². The Hall–Kier alpha value is -3.48. The van der Waals surface area contributed by atoms with E-state index in [1.54, 1.807) is 12.3 Å². The van der Waals surface area contributed by atoms with Crippen LogP contribution in [0, 0.1) is 13.8 Å². The second-order valence-corrected chi connectivity index (χ2v) is 6.36. The predicted molar refractivity (Wildman–Crippen MR) is 105 cm³/mol. The van der Waals surface area contributed by atoms with E-state index in [0.29, 0.717) is 11.4 Å². The molecule has 4 rings (SSSR count). The number of aromatic amines is 1. The van der Waals surface area contributed by atoms with Crippen LogP contribution in [0.1, 0.15) is 28.8 Å². The second kappa shape index (κ2) is 6.68. The minimum Gasteiger partial charge on any atom is -0.320 e. The van der Waals surface area contributed by atoms with Gasteiger partial charge in [-0.15, -0.1) is 0 Å². The summed E-state index contributed by atoms with van der Waals surface area (Å²) < 4.78 is 1.93. The zero-order valence-corrected chi connectivity index (χ0v) is 15.4. The van der Waals surface area contributed by atoms with Crippen LogP contribution in [-0.4, -0.2) is 30.9 Å². The number of rotatable bonds is 4. The Morgan fingerprint density at radius 2 is 2.07 bits per heavy atom. The number of carbonyl (C=O) groups is 1. The largest absolute Gasteiger partial charge is 0.320 e. The normalized spacial score (nSPS) is 11.1. The zero-order chi connectivity index (χ0) is 19.0. The molecule has 7 nitrogen and oxygen atoms in total. The van der Waals surface area contributed by atoms with Crippen LogP contribution < -0.4 is 5.32 Å². The molecule has 2 N–H and O–H groups in total. The molecule has 4 aromatic rings. The van der Waals surface area contributed by atoms with Gasteiger partial charge in [-0.25, -0.2) is 0 Å². The maximum absolute atomic E-state index is 12.7. The monoisotopic (exact) mass is 360 g/mol. The first-order valence-corrected chi connectivity index (χ1v) is 8.83. The number of hydrogen-bond donors (Lipinski definition) is 2. The third-order valence-electron chi connectivity index (χ3n) is 4.65. The van der Waals surface area contributed by atoms with Crippen molar-refractivity contribution in [1.82, 2.24) is 25.0 Å². The van der Waals surface area contributed by atoms with Crippen LogP contribution in [0.4, 0.5) is 5.69 Å². The lowest BCUT2D eigenvalue weighted by Gasteiger charge is -2.06. The van der Waals surface area contributed by atoms with Gasteiger partial charge >= 0.3 is 0 Å². The lowest BCUT2D eigenvalue weighted by atomic mass is 10.1. The summed E-state index contributed by atoms with van der Waals surface area (Å²) in [5, 5.41) is 15.5. The Morgan fingerprint density at radius 3 is 2.85 bits per heavy atom. The third kappa shape index (κ3) is 2.97. The number of nitrogens with one attached hydrogen (secondary N) is 2. The number of anilines is 1. The van der Waals surface area contributed by atoms with Gasteiger partial charge in [0, 0.05) is 29.4 Å². The highest BCUT2D eigenvalue weighted by Gasteiger charge is 2.18. The highest BCUT2D eigenvalue weighted by molar-refractivity contribution is 6.08. The molecule has 7 heteroatoms. The van der Waals surface area contributed by atoms with Crippen LogP contribution in [0.5, 0.6) is 0 Å². The maximum atomic E-state index is 12.7. The molecule has 3 heterocycles. The van der Waals surface area contributed by atoms with E-state index in [9.17, 15) is 4.79 Å². The van der Waals surface area contributed by atoms with Gasteiger partial charge in [-0.05, 0) is 51.1 Å². The van der Waals surface area contributed by atoms with Crippen LogP contribution in [0.15, 0.2) is 42.6 Å². The van der Waals surface area contributed by atoms with Crippen molar-refractivity contribution >= 4 is 22.5 Å². The fraction of sp³-hybridized carbons (Fsp3) is 0.200. The second-order valence-electron chi connectivity index (χ2n) is 6.36. The molecule has 0 unspecified atom stereocenters. The van der Waals surface area contributed by atoms with Crippen LogP contribution in [0.25, 0.3) is 22.2 Å². The molecular formula is C20H20N6O. The van der Waals surface area contributed by atoms with Crippen molar-refractivity contribution in [2.75, 3.05) is 5.32 Å². The summed E-state index contributed by atoms with van der Waals surface area (Å²) in [7, 11) is 0. The van der Waals surface area contributed by atoms with E-state index in [1.807, 2.05) is 55.8 Å². The zero-order valence-electron chi connectivity index (χ0n) is 15.4. The number of amides is 1. The fourth-order valence-electron chi connectivity index (χ4n) is 3.34. The van der Waals surface area contributed by atoms with Crippen molar-refractivity contribution in [3.63, 3.8) is 0 Å². The van der Waals surface area contributed by atoms with Crippen molar-refractivity contribution in [1.29, 1.82) is 0 Å². The number of benzene rings is 1. The van der Waals surface area contributed by atoms with Crippen molar-refractivity contribution in [2.24, 2.45) is 0 Å². The van der Waals surface area contributed by atoms with Crippen molar-refractivity contribution in [3.8, 4) is 11.3 Å². The van der Waals surface area contributed by atoms with Gasteiger partial charge in [0.05, 0.1) is 22.6 Å². The van der Waals surface area contributed by atoms with Crippen molar-refractivity contribution in [2.45, 2.75) is 27.3 Å². The summed E-state index contributed by atoms with van der Waals surface area (Å²) in [4.78, 5) is 17.0. The maximum Gasteiger partial charge on any atom is 0.273 e. The van der Waals surface area contributed by atoms with Crippen LogP contribution in [-0.2, 0) is 6.54 Å². The Balaban J connectivity index is 1.64. The summed E-state index contributed by atoms with van der Waals surface area (Å²) in [6.07, 6.45) is 1.73. The molecule has 0 aliphatic carbocycles. The number of H-pyrrole nitrogens is 1. The van der Waals surface area contributed by atoms with Gasteiger partial charge in [0.1, 0.15) is 5.69 Å². The number of pyridine rings is 1. The average molecular weight is 360 g/mol. The summed E-state index contributed by atoms with van der Waals surface area (Å²) in [5.41, 5.74) is 5.55. The smallest absolute Gasteiger partial charge is 0.273 e. The van der Waals surface area contributed by atoms with E-state index < -0.39 is 0 Å². The molecule has 0 atom stereocenters. The third-order valence-corrected chi connectivity index (χ3v) is 4.65.